The average Bonchev–Trinajstić information content (AvgIpc) is 2.93. The van der Waals surface area contributed by atoms with Gasteiger partial charge < -0.3 is 30.0 Å². The zero-order valence-electron chi connectivity index (χ0n) is 24.9. The molecule has 0 spiro atoms. The number of carbonyl (C=O) groups excluding carboxylic acids is 5. The summed E-state index contributed by atoms with van der Waals surface area (Å²) >= 11 is 0.898. The minimum Gasteiger partial charge on any atom is -0.490 e. The molecule has 3 N–H and O–H groups in total. The predicted molar refractivity (Wildman–Crippen MR) is 158 cm³/mol. The number of nitrogens with one attached hydrogen (secondary N) is 2. The number of rotatable bonds is 6. The molecule has 3 saturated heterocycles. The smallest absolute Gasteiger partial charge is 0.330 e. The first-order valence-electron chi connectivity index (χ1n) is 14.2. The Morgan fingerprint density at radius 2 is 1.72 bits per heavy atom. The molecule has 2 bridgehead atoms. The second-order valence-electron chi connectivity index (χ2n) is 11.5. The molecule has 4 aliphatic heterocycles. The van der Waals surface area contributed by atoms with Crippen molar-refractivity contribution in [1.29, 1.82) is 0 Å². The van der Waals surface area contributed by atoms with Gasteiger partial charge in [0, 0.05) is 25.3 Å². The van der Waals surface area contributed by atoms with Crippen molar-refractivity contribution >= 4 is 41.3 Å². The molecule has 0 saturated carbocycles. The van der Waals surface area contributed by atoms with Crippen LogP contribution < -0.4 is 15.4 Å². The highest BCUT2D eigenvalue weighted by molar-refractivity contribution is 8.00. The number of fused-ring (bicyclic) bond motifs is 2. The zero-order chi connectivity index (χ0) is 31.5. The third-order valence-corrected chi connectivity index (χ3v) is 9.14. The summed E-state index contributed by atoms with van der Waals surface area (Å²) in [6, 6.07) is 6.89. The van der Waals surface area contributed by atoms with E-state index in [1.165, 1.54) is 25.3 Å². The van der Waals surface area contributed by atoms with Crippen molar-refractivity contribution in [3.8, 4) is 5.75 Å². The monoisotopic (exact) mass is 614 g/mol. The molecule has 12 heteroatoms. The average molecular weight is 615 g/mol. The molecule has 1 aromatic rings. The molecule has 2 amide bonds. The number of ether oxygens (including phenoxy) is 3. The minimum atomic E-state index is -1.89. The molecule has 232 valence electrons. The number of Topliss-reactive ketones (excluding diaryl/α,β-unsaturated/α-hetero) is 1. The quantitative estimate of drug-likeness (QED) is 0.320. The van der Waals surface area contributed by atoms with Crippen molar-refractivity contribution in [1.82, 2.24) is 10.6 Å². The fourth-order valence-electron chi connectivity index (χ4n) is 5.78. The third-order valence-electron chi connectivity index (χ3n) is 7.95. The fraction of sp³-hybridized carbons (Fsp3) is 0.516. The summed E-state index contributed by atoms with van der Waals surface area (Å²) in [4.78, 5) is 65.9. The van der Waals surface area contributed by atoms with E-state index in [-0.39, 0.29) is 19.3 Å². The van der Waals surface area contributed by atoms with Gasteiger partial charge in [0.1, 0.15) is 42.1 Å². The van der Waals surface area contributed by atoms with Crippen LogP contribution in [0.2, 0.25) is 0 Å². The van der Waals surface area contributed by atoms with Gasteiger partial charge >= 0.3 is 11.9 Å². The number of carbonyl (C=O) groups is 5. The maximum atomic E-state index is 14.0. The van der Waals surface area contributed by atoms with Crippen molar-refractivity contribution in [3.05, 3.63) is 53.6 Å². The Morgan fingerprint density at radius 3 is 2.37 bits per heavy atom. The molecule has 5 rings (SSSR count). The second kappa shape index (κ2) is 12.9. The number of piperazine rings is 1. The number of ketones is 1. The second-order valence-corrected chi connectivity index (χ2v) is 12.5. The Balaban J connectivity index is 1.78. The number of cyclic esters (lactones) is 2. The molecule has 0 unspecified atom stereocenters. The molecule has 1 aromatic carbocycles. The first-order chi connectivity index (χ1) is 20.3. The molecule has 0 radical (unpaired) electrons. The Hall–Kier alpha value is -3.64. The summed E-state index contributed by atoms with van der Waals surface area (Å²) in [5.41, 5.74) is -0.182. The number of thioether (sulfide) groups is 1. The van der Waals surface area contributed by atoms with Crippen LogP contribution in [0.25, 0.3) is 0 Å². The van der Waals surface area contributed by atoms with E-state index in [0.717, 1.165) is 17.3 Å². The van der Waals surface area contributed by atoms with Gasteiger partial charge in [0.15, 0.2) is 10.7 Å². The van der Waals surface area contributed by atoms with Crippen LogP contribution in [0.4, 0.5) is 0 Å². The lowest BCUT2D eigenvalue weighted by atomic mass is 9.61. The van der Waals surface area contributed by atoms with Gasteiger partial charge in [-0.2, -0.15) is 0 Å². The van der Waals surface area contributed by atoms with Gasteiger partial charge in [0.05, 0.1) is 5.92 Å². The number of piperidine rings is 2. The Kier molecular flexibility index (Phi) is 9.70. The Bertz CT molecular complexity index is 1340. The zero-order valence-corrected chi connectivity index (χ0v) is 25.7. The van der Waals surface area contributed by atoms with E-state index < -0.39 is 70.1 Å². The van der Waals surface area contributed by atoms with E-state index in [0.29, 0.717) is 17.9 Å². The van der Waals surface area contributed by atoms with Crippen LogP contribution in [-0.4, -0.2) is 76.2 Å². The highest BCUT2D eigenvalue weighted by Gasteiger charge is 2.73. The van der Waals surface area contributed by atoms with Crippen molar-refractivity contribution in [2.75, 3.05) is 12.9 Å². The van der Waals surface area contributed by atoms with Crippen molar-refractivity contribution in [2.45, 2.75) is 75.7 Å². The van der Waals surface area contributed by atoms with Gasteiger partial charge in [-0.25, -0.2) is 4.79 Å². The minimum absolute atomic E-state index is 0.134. The number of allylic oxidation sites excluding steroid dienone is 1. The van der Waals surface area contributed by atoms with Crippen LogP contribution in [0.5, 0.6) is 5.75 Å². The summed E-state index contributed by atoms with van der Waals surface area (Å²) in [6.45, 7) is 7.45. The van der Waals surface area contributed by atoms with Gasteiger partial charge in [-0.15, -0.1) is 11.8 Å². The summed E-state index contributed by atoms with van der Waals surface area (Å²) in [5.74, 6) is -6.01. The van der Waals surface area contributed by atoms with Crippen molar-refractivity contribution in [3.63, 3.8) is 0 Å². The highest BCUT2D eigenvalue weighted by Crippen LogP contribution is 2.50. The van der Waals surface area contributed by atoms with E-state index in [1.807, 2.05) is 19.9 Å². The van der Waals surface area contributed by atoms with Crippen molar-refractivity contribution < 1.29 is 43.3 Å². The first kappa shape index (κ1) is 32.3. The predicted octanol–water partition coefficient (Wildman–Crippen LogP) is 2.01. The third kappa shape index (κ3) is 6.50. The molecule has 0 aliphatic carbocycles. The van der Waals surface area contributed by atoms with Crippen LogP contribution in [0.15, 0.2) is 48.1 Å². The topological polar surface area (TPSA) is 157 Å². The van der Waals surface area contributed by atoms with E-state index >= 15 is 0 Å². The molecule has 4 aliphatic rings. The van der Waals surface area contributed by atoms with E-state index in [2.05, 4.69) is 10.6 Å². The van der Waals surface area contributed by atoms with Crippen LogP contribution >= 0.6 is 11.8 Å². The lowest BCUT2D eigenvalue weighted by Crippen LogP contribution is -2.87. The first-order valence-corrected chi connectivity index (χ1v) is 15.4. The molecular weight excluding hydrogens is 576 g/mol. The Labute approximate surface area is 254 Å². The summed E-state index contributed by atoms with van der Waals surface area (Å²) in [7, 11) is 0. The maximum Gasteiger partial charge on any atom is 0.330 e. The number of amides is 2. The number of esters is 2. The van der Waals surface area contributed by atoms with Gasteiger partial charge in [-0.3, -0.25) is 19.2 Å². The number of benzene rings is 1. The van der Waals surface area contributed by atoms with E-state index in [4.69, 9.17) is 14.2 Å². The van der Waals surface area contributed by atoms with Crippen LogP contribution in [0.3, 0.4) is 0 Å². The van der Waals surface area contributed by atoms with Gasteiger partial charge in [-0.05, 0) is 57.7 Å². The van der Waals surface area contributed by atoms with Gasteiger partial charge in [0.2, 0.25) is 5.91 Å². The lowest BCUT2D eigenvalue weighted by molar-refractivity contribution is -0.179. The van der Waals surface area contributed by atoms with E-state index in [9.17, 15) is 29.1 Å². The van der Waals surface area contributed by atoms with Gasteiger partial charge in [0.25, 0.3) is 5.91 Å². The normalized spacial score (nSPS) is 33.6. The molecular formula is C31H38N2O9S. The summed E-state index contributed by atoms with van der Waals surface area (Å²) < 4.78 is 16.8. The molecule has 0 aromatic heterocycles. The maximum absolute atomic E-state index is 14.0. The SMILES string of the molecule is CS[C@@]12NC(=O)[C@@](Cc3ccc(OCC=C(C)C)cc3)(NC1=O)[C@H]1C(=O)O[C@H](C)C/C=C/C(=O)O[C@H](C)C[C@@H](O)C(=O)[C@H]12. The Morgan fingerprint density at radius 1 is 1.02 bits per heavy atom. The molecule has 11 nitrogen and oxygen atoms in total. The molecule has 4 heterocycles. The van der Waals surface area contributed by atoms with Crippen LogP contribution in [0, 0.1) is 11.8 Å². The number of hydrogen-bond donors (Lipinski definition) is 3. The molecule has 7 atom stereocenters. The standard InChI is InChI=1S/C31H38N2O9S/c1-17(2)13-14-40-21-11-9-20(10-12-21)16-30-25-24(31(43-5,29(39)32-30)33-28(30)38)26(36)22(34)15-19(4)41-23(35)8-6-7-18(3)42-27(25)37/h6,8-13,18-19,22,24-25,34H,7,14-16H2,1-5H3,(H,32,39)(H,33,38)/b8-6+/t18-,19-,22-,24+,25-,30+,31-/m1/s1. The van der Waals surface area contributed by atoms with E-state index in [1.54, 1.807) is 31.2 Å². The lowest BCUT2D eigenvalue weighted by Gasteiger charge is -2.58. The largest absolute Gasteiger partial charge is 0.490 e. The number of hydrogen-bond acceptors (Lipinski definition) is 10. The number of aliphatic hydroxyl groups excluding tert-OH is 1. The van der Waals surface area contributed by atoms with Crippen LogP contribution in [0.1, 0.15) is 46.1 Å². The van der Waals surface area contributed by atoms with Crippen LogP contribution in [-0.2, 0) is 39.9 Å². The van der Waals surface area contributed by atoms with Gasteiger partial charge in [-0.1, -0.05) is 23.8 Å². The fourth-order valence-corrected chi connectivity index (χ4v) is 6.72. The molecule has 43 heavy (non-hydrogen) atoms. The summed E-state index contributed by atoms with van der Waals surface area (Å²) in [6.07, 6.45) is 2.64. The molecule has 3 fully saturated rings. The summed E-state index contributed by atoms with van der Waals surface area (Å²) in [5, 5.41) is 16.5. The van der Waals surface area contributed by atoms with Crippen molar-refractivity contribution in [2.24, 2.45) is 11.8 Å². The highest BCUT2D eigenvalue weighted by atomic mass is 32.2. The number of aliphatic hydroxyl groups is 1.